The first-order chi connectivity index (χ1) is 12.2. The van der Waals surface area contributed by atoms with Crippen LogP contribution in [0.4, 0.5) is 0 Å². The summed E-state index contributed by atoms with van der Waals surface area (Å²) in [4.78, 5) is 21.0. The SMILES string of the molecule is NC(=O)C(c1cccc2[nH]cnc12)(C1CCCCC1)C1CCCCC1. The maximum Gasteiger partial charge on any atom is 0.228 e. The van der Waals surface area contributed by atoms with E-state index in [0.717, 1.165) is 42.3 Å². The van der Waals surface area contributed by atoms with Gasteiger partial charge in [0, 0.05) is 0 Å². The number of amides is 1. The summed E-state index contributed by atoms with van der Waals surface area (Å²) in [5.74, 6) is 0.579. The van der Waals surface area contributed by atoms with Crippen LogP contribution in [0.25, 0.3) is 11.0 Å². The molecule has 1 aromatic carbocycles. The third-order valence-electron chi connectivity index (χ3n) is 6.80. The highest BCUT2D eigenvalue weighted by molar-refractivity contribution is 5.93. The van der Waals surface area contributed by atoms with Gasteiger partial charge in [-0.05, 0) is 49.1 Å². The van der Waals surface area contributed by atoms with Gasteiger partial charge >= 0.3 is 0 Å². The summed E-state index contributed by atoms with van der Waals surface area (Å²) in [6.07, 6.45) is 13.6. The molecule has 2 aromatic rings. The zero-order valence-corrected chi connectivity index (χ0v) is 15.0. The summed E-state index contributed by atoms with van der Waals surface area (Å²) in [7, 11) is 0. The zero-order chi connectivity index (χ0) is 17.3. The molecular weight excluding hydrogens is 310 g/mol. The van der Waals surface area contributed by atoms with E-state index in [1.165, 1.54) is 38.5 Å². The number of H-pyrrole nitrogens is 1. The quantitative estimate of drug-likeness (QED) is 0.864. The Morgan fingerprint density at radius 1 is 1.00 bits per heavy atom. The number of carbonyl (C=O) groups excluding carboxylic acids is 1. The van der Waals surface area contributed by atoms with E-state index in [-0.39, 0.29) is 5.91 Å². The average Bonchev–Trinajstić information content (AvgIpc) is 3.13. The number of rotatable bonds is 4. The molecule has 0 bridgehead atoms. The molecule has 4 rings (SSSR count). The van der Waals surface area contributed by atoms with Crippen LogP contribution >= 0.6 is 0 Å². The van der Waals surface area contributed by atoms with E-state index in [4.69, 9.17) is 5.73 Å². The van der Waals surface area contributed by atoms with Crippen LogP contribution < -0.4 is 5.73 Å². The minimum atomic E-state index is -0.560. The van der Waals surface area contributed by atoms with Gasteiger partial charge in [-0.3, -0.25) is 4.79 Å². The van der Waals surface area contributed by atoms with Gasteiger partial charge in [0.2, 0.25) is 5.91 Å². The Hall–Kier alpha value is -1.84. The Bertz CT molecular complexity index is 720. The fraction of sp³-hybridized carbons (Fsp3) is 0.619. The lowest BCUT2D eigenvalue weighted by molar-refractivity contribution is -0.129. The van der Waals surface area contributed by atoms with E-state index < -0.39 is 5.41 Å². The summed E-state index contributed by atoms with van der Waals surface area (Å²) in [6.45, 7) is 0. The van der Waals surface area contributed by atoms with Crippen LogP contribution in [0.15, 0.2) is 24.5 Å². The van der Waals surface area contributed by atoms with Crippen LogP contribution in [-0.4, -0.2) is 15.9 Å². The third kappa shape index (κ3) is 2.66. The van der Waals surface area contributed by atoms with Gasteiger partial charge < -0.3 is 10.7 Å². The van der Waals surface area contributed by atoms with E-state index in [1.807, 2.05) is 6.07 Å². The predicted molar refractivity (Wildman–Crippen MR) is 100 cm³/mol. The van der Waals surface area contributed by atoms with Crippen molar-refractivity contribution in [2.75, 3.05) is 0 Å². The smallest absolute Gasteiger partial charge is 0.228 e. The zero-order valence-electron chi connectivity index (χ0n) is 15.0. The number of carbonyl (C=O) groups is 1. The number of aromatic amines is 1. The van der Waals surface area contributed by atoms with Crippen LogP contribution in [0.1, 0.15) is 69.8 Å². The second kappa shape index (κ2) is 6.81. The number of primary amides is 1. The topological polar surface area (TPSA) is 71.8 Å². The van der Waals surface area contributed by atoms with Gasteiger partial charge in [-0.2, -0.15) is 0 Å². The molecule has 1 amide bonds. The van der Waals surface area contributed by atoms with Gasteiger partial charge in [-0.1, -0.05) is 50.7 Å². The highest BCUT2D eigenvalue weighted by atomic mass is 16.1. The summed E-state index contributed by atoms with van der Waals surface area (Å²) in [5, 5.41) is 0. The van der Waals surface area contributed by atoms with Crippen molar-refractivity contribution in [1.29, 1.82) is 0 Å². The van der Waals surface area contributed by atoms with Crippen LogP contribution in [0.5, 0.6) is 0 Å². The highest BCUT2D eigenvalue weighted by Crippen LogP contribution is 2.51. The Morgan fingerprint density at radius 2 is 1.60 bits per heavy atom. The monoisotopic (exact) mass is 339 g/mol. The first-order valence-corrected chi connectivity index (χ1v) is 9.97. The standard InChI is InChI=1S/C21H29N3O/c22-20(25)21(15-8-3-1-4-9-15,16-10-5-2-6-11-16)17-12-7-13-18-19(17)24-14-23-18/h7,12-16H,1-6,8-11H2,(H2,22,25)(H,23,24). The molecule has 0 aliphatic heterocycles. The number of hydrogen-bond acceptors (Lipinski definition) is 2. The van der Waals surface area contributed by atoms with Gasteiger partial charge in [0.1, 0.15) is 0 Å². The summed E-state index contributed by atoms with van der Waals surface area (Å²) in [6, 6.07) is 6.22. The lowest BCUT2D eigenvalue weighted by atomic mass is 9.55. The van der Waals surface area contributed by atoms with Crippen molar-refractivity contribution < 1.29 is 4.79 Å². The molecule has 1 aromatic heterocycles. The Labute approximate surface area is 149 Å². The highest BCUT2D eigenvalue weighted by Gasteiger charge is 2.52. The number of imidazole rings is 1. The van der Waals surface area contributed by atoms with Crippen LogP contribution in [-0.2, 0) is 10.2 Å². The van der Waals surface area contributed by atoms with Crippen molar-refractivity contribution in [3.05, 3.63) is 30.1 Å². The van der Waals surface area contributed by atoms with Crippen molar-refractivity contribution in [1.82, 2.24) is 9.97 Å². The largest absolute Gasteiger partial charge is 0.369 e. The number of hydrogen-bond donors (Lipinski definition) is 2. The molecule has 0 atom stereocenters. The third-order valence-corrected chi connectivity index (χ3v) is 6.80. The Balaban J connectivity index is 1.92. The molecule has 0 spiro atoms. The first kappa shape index (κ1) is 16.6. The number of benzene rings is 1. The van der Waals surface area contributed by atoms with E-state index in [0.29, 0.717) is 11.8 Å². The van der Waals surface area contributed by atoms with Crippen LogP contribution in [0.2, 0.25) is 0 Å². The fourth-order valence-electron chi connectivity index (χ4n) is 5.72. The molecule has 134 valence electrons. The van der Waals surface area contributed by atoms with Gasteiger partial charge in [-0.15, -0.1) is 0 Å². The molecule has 0 unspecified atom stereocenters. The lowest BCUT2D eigenvalue weighted by Gasteiger charge is -2.47. The molecule has 3 N–H and O–H groups in total. The minimum absolute atomic E-state index is 0.123. The molecule has 4 heteroatoms. The molecule has 4 nitrogen and oxygen atoms in total. The van der Waals surface area contributed by atoms with Crippen molar-refractivity contribution in [3.63, 3.8) is 0 Å². The van der Waals surface area contributed by atoms with Gasteiger partial charge in [-0.25, -0.2) is 4.98 Å². The minimum Gasteiger partial charge on any atom is -0.369 e. The van der Waals surface area contributed by atoms with Crippen LogP contribution in [0, 0.1) is 11.8 Å². The second-order valence-corrected chi connectivity index (χ2v) is 8.01. The molecule has 0 saturated heterocycles. The molecule has 0 radical (unpaired) electrons. The maximum absolute atomic E-state index is 13.2. The van der Waals surface area contributed by atoms with Gasteiger partial charge in [0.15, 0.2) is 0 Å². The molecule has 25 heavy (non-hydrogen) atoms. The number of fused-ring (bicyclic) bond motifs is 1. The maximum atomic E-state index is 13.2. The van der Waals surface area contributed by atoms with Crippen LogP contribution in [0.3, 0.4) is 0 Å². The van der Waals surface area contributed by atoms with E-state index in [9.17, 15) is 4.79 Å². The van der Waals surface area contributed by atoms with Crippen molar-refractivity contribution in [2.45, 2.75) is 69.6 Å². The van der Waals surface area contributed by atoms with E-state index in [1.54, 1.807) is 6.33 Å². The van der Waals surface area contributed by atoms with Crippen molar-refractivity contribution in [3.8, 4) is 0 Å². The summed E-state index contributed by atoms with van der Waals surface area (Å²) in [5.41, 5.74) is 8.72. The fourth-order valence-corrected chi connectivity index (χ4v) is 5.72. The molecule has 2 fully saturated rings. The average molecular weight is 339 g/mol. The van der Waals surface area contributed by atoms with Gasteiger partial charge in [0.05, 0.1) is 22.8 Å². The molecule has 2 aliphatic carbocycles. The number of nitrogens with zero attached hydrogens (tertiary/aromatic N) is 1. The number of nitrogens with two attached hydrogens (primary N) is 1. The Morgan fingerprint density at radius 3 is 2.16 bits per heavy atom. The number of para-hydroxylation sites is 1. The van der Waals surface area contributed by atoms with E-state index >= 15 is 0 Å². The number of aromatic nitrogens is 2. The van der Waals surface area contributed by atoms with Gasteiger partial charge in [0.25, 0.3) is 0 Å². The van der Waals surface area contributed by atoms with Crippen molar-refractivity contribution in [2.24, 2.45) is 17.6 Å². The molecular formula is C21H29N3O. The van der Waals surface area contributed by atoms with Crippen molar-refractivity contribution >= 4 is 16.9 Å². The van der Waals surface area contributed by atoms with E-state index in [2.05, 4.69) is 22.1 Å². The second-order valence-electron chi connectivity index (χ2n) is 8.01. The molecule has 2 saturated carbocycles. The summed E-state index contributed by atoms with van der Waals surface area (Å²) < 4.78 is 0. The Kier molecular flexibility index (Phi) is 4.53. The molecule has 1 heterocycles. The normalized spacial score (nSPS) is 20.8. The molecule has 2 aliphatic rings. The predicted octanol–water partition coefficient (Wildman–Crippen LogP) is 4.45. The summed E-state index contributed by atoms with van der Waals surface area (Å²) >= 11 is 0. The lowest BCUT2D eigenvalue weighted by Crippen LogP contribution is -2.53. The number of nitrogens with one attached hydrogen (secondary N) is 1. The first-order valence-electron chi connectivity index (χ1n) is 9.97.